The lowest BCUT2D eigenvalue weighted by atomic mass is 10.1. The Morgan fingerprint density at radius 3 is 2.34 bits per heavy atom. The molecule has 0 saturated carbocycles. The van der Waals surface area contributed by atoms with Crippen molar-refractivity contribution in [2.75, 3.05) is 25.0 Å². The largest absolute Gasteiger partial charge is 0.497 e. The summed E-state index contributed by atoms with van der Waals surface area (Å²) in [6, 6.07) is 16.4. The van der Waals surface area contributed by atoms with Gasteiger partial charge in [-0.25, -0.2) is 12.8 Å². The number of carbonyl (C=O) groups excluding carboxylic acids is 1. The van der Waals surface area contributed by atoms with Crippen LogP contribution in [0.2, 0.25) is 5.02 Å². The minimum absolute atomic E-state index is 0.0509. The number of hydrogen-bond donors (Lipinski definition) is 1. The molecule has 1 amide bonds. The Balaban J connectivity index is 1.73. The SMILES string of the molecule is COc1ccc(CCNC(=O)c2cc(S(=O)(=O)N(C)c3ccc(F)cc3)ccc2Cl)cc1. The van der Waals surface area contributed by atoms with Gasteiger partial charge in [0.1, 0.15) is 11.6 Å². The van der Waals surface area contributed by atoms with Gasteiger partial charge in [-0.2, -0.15) is 0 Å². The van der Waals surface area contributed by atoms with Gasteiger partial charge >= 0.3 is 0 Å². The molecule has 0 spiro atoms. The average Bonchev–Trinajstić information content (AvgIpc) is 2.79. The maximum atomic E-state index is 13.2. The number of benzene rings is 3. The van der Waals surface area contributed by atoms with Crippen LogP contribution < -0.4 is 14.4 Å². The van der Waals surface area contributed by atoms with Crippen LogP contribution in [0.15, 0.2) is 71.6 Å². The van der Waals surface area contributed by atoms with Gasteiger partial charge in [0.15, 0.2) is 0 Å². The quantitative estimate of drug-likeness (QED) is 0.526. The number of nitrogens with zero attached hydrogens (tertiary/aromatic N) is 1. The van der Waals surface area contributed by atoms with E-state index in [1.54, 1.807) is 7.11 Å². The second-order valence-electron chi connectivity index (χ2n) is 6.94. The summed E-state index contributed by atoms with van der Waals surface area (Å²) in [5.41, 5.74) is 1.34. The predicted molar refractivity (Wildman–Crippen MR) is 122 cm³/mol. The van der Waals surface area contributed by atoms with E-state index in [4.69, 9.17) is 16.3 Å². The number of rotatable bonds is 8. The van der Waals surface area contributed by atoms with E-state index < -0.39 is 21.7 Å². The van der Waals surface area contributed by atoms with E-state index in [1.807, 2.05) is 24.3 Å². The smallest absolute Gasteiger partial charge is 0.264 e. The van der Waals surface area contributed by atoms with E-state index >= 15 is 0 Å². The van der Waals surface area contributed by atoms with Crippen LogP contribution in [0.1, 0.15) is 15.9 Å². The molecule has 3 rings (SSSR count). The molecule has 0 unspecified atom stereocenters. The second-order valence-corrected chi connectivity index (χ2v) is 9.32. The molecule has 3 aromatic carbocycles. The number of sulfonamides is 1. The van der Waals surface area contributed by atoms with Crippen LogP contribution in [-0.4, -0.2) is 35.0 Å². The topological polar surface area (TPSA) is 75.7 Å². The van der Waals surface area contributed by atoms with Crippen LogP contribution in [0.5, 0.6) is 5.75 Å². The summed E-state index contributed by atoms with van der Waals surface area (Å²) in [5.74, 6) is -0.210. The van der Waals surface area contributed by atoms with Crippen LogP contribution in [-0.2, 0) is 16.4 Å². The Morgan fingerprint density at radius 2 is 1.72 bits per heavy atom. The van der Waals surface area contributed by atoms with Crippen LogP contribution in [0.4, 0.5) is 10.1 Å². The van der Waals surface area contributed by atoms with Crippen molar-refractivity contribution in [3.05, 3.63) is 88.7 Å². The summed E-state index contributed by atoms with van der Waals surface area (Å²) < 4.78 is 45.3. The van der Waals surface area contributed by atoms with Crippen LogP contribution in [0.25, 0.3) is 0 Å². The van der Waals surface area contributed by atoms with E-state index in [-0.39, 0.29) is 21.2 Å². The molecule has 0 saturated heterocycles. The summed E-state index contributed by atoms with van der Waals surface area (Å²) in [5, 5.41) is 2.89. The first-order valence-electron chi connectivity index (χ1n) is 9.67. The Kier molecular flexibility index (Phi) is 7.37. The van der Waals surface area contributed by atoms with Crippen molar-refractivity contribution >= 4 is 33.2 Å². The lowest BCUT2D eigenvalue weighted by Gasteiger charge is -2.20. The van der Waals surface area contributed by atoms with Crippen LogP contribution >= 0.6 is 11.6 Å². The van der Waals surface area contributed by atoms with E-state index in [9.17, 15) is 17.6 Å². The third-order valence-corrected chi connectivity index (χ3v) is 7.00. The van der Waals surface area contributed by atoms with Crippen molar-refractivity contribution in [1.29, 1.82) is 0 Å². The first kappa shape index (κ1) is 23.6. The van der Waals surface area contributed by atoms with E-state index in [0.29, 0.717) is 13.0 Å². The minimum Gasteiger partial charge on any atom is -0.497 e. The maximum Gasteiger partial charge on any atom is 0.264 e. The highest BCUT2D eigenvalue weighted by Gasteiger charge is 2.23. The zero-order valence-corrected chi connectivity index (χ0v) is 19.1. The van der Waals surface area contributed by atoms with Crippen LogP contribution in [0, 0.1) is 5.82 Å². The number of halogens is 2. The molecule has 0 fully saturated rings. The molecule has 0 atom stereocenters. The molecule has 0 aliphatic rings. The summed E-state index contributed by atoms with van der Waals surface area (Å²) in [7, 11) is -1.05. The molecule has 0 aliphatic heterocycles. The van der Waals surface area contributed by atoms with Gasteiger partial charge in [0.2, 0.25) is 0 Å². The second kappa shape index (κ2) is 10.0. The third-order valence-electron chi connectivity index (χ3n) is 4.89. The zero-order chi connectivity index (χ0) is 23.3. The Hall–Kier alpha value is -3.10. The van der Waals surface area contributed by atoms with E-state index in [0.717, 1.165) is 15.6 Å². The predicted octanol–water partition coefficient (Wildman–Crippen LogP) is 4.29. The van der Waals surface area contributed by atoms with Gasteiger partial charge in [0.25, 0.3) is 15.9 Å². The number of carbonyl (C=O) groups is 1. The van der Waals surface area contributed by atoms with Gasteiger partial charge in [0, 0.05) is 13.6 Å². The van der Waals surface area contributed by atoms with Crippen molar-refractivity contribution in [3.63, 3.8) is 0 Å². The molecular formula is C23H22ClFN2O4S. The lowest BCUT2D eigenvalue weighted by molar-refractivity contribution is 0.0954. The molecule has 0 aliphatic carbocycles. The maximum absolute atomic E-state index is 13.2. The molecule has 1 N–H and O–H groups in total. The summed E-state index contributed by atoms with van der Waals surface area (Å²) in [6.07, 6.45) is 0.582. The molecule has 32 heavy (non-hydrogen) atoms. The van der Waals surface area contributed by atoms with Gasteiger partial charge in [-0.15, -0.1) is 0 Å². The minimum atomic E-state index is -3.99. The molecule has 6 nitrogen and oxygen atoms in total. The van der Waals surface area contributed by atoms with Gasteiger partial charge in [-0.05, 0) is 66.6 Å². The highest BCUT2D eigenvalue weighted by Crippen LogP contribution is 2.26. The number of hydrogen-bond acceptors (Lipinski definition) is 4. The summed E-state index contributed by atoms with van der Waals surface area (Å²) in [6.45, 7) is 0.341. The van der Waals surface area contributed by atoms with Gasteiger partial charge in [-0.3, -0.25) is 9.10 Å². The average molecular weight is 477 g/mol. The molecule has 0 aromatic heterocycles. The number of anilines is 1. The molecular weight excluding hydrogens is 455 g/mol. The zero-order valence-electron chi connectivity index (χ0n) is 17.5. The van der Waals surface area contributed by atoms with E-state index in [1.165, 1.54) is 49.5 Å². The number of amides is 1. The van der Waals surface area contributed by atoms with Crippen molar-refractivity contribution in [1.82, 2.24) is 5.32 Å². The standard InChI is InChI=1S/C23H22ClFN2O4S/c1-27(18-7-5-17(25)6-8-18)32(29,30)20-11-12-22(24)21(15-20)23(28)26-14-13-16-3-9-19(31-2)10-4-16/h3-12,15H,13-14H2,1-2H3,(H,26,28). The Labute approximate surface area is 191 Å². The highest BCUT2D eigenvalue weighted by atomic mass is 35.5. The van der Waals surface area contributed by atoms with Crippen molar-refractivity contribution in [2.45, 2.75) is 11.3 Å². The summed E-state index contributed by atoms with van der Waals surface area (Å²) in [4.78, 5) is 12.5. The van der Waals surface area contributed by atoms with Gasteiger partial charge in [-0.1, -0.05) is 23.7 Å². The molecule has 168 valence electrons. The fourth-order valence-electron chi connectivity index (χ4n) is 2.99. The highest BCUT2D eigenvalue weighted by molar-refractivity contribution is 7.92. The molecule has 0 bridgehead atoms. The van der Waals surface area contributed by atoms with Gasteiger partial charge in [0.05, 0.1) is 28.3 Å². The van der Waals surface area contributed by atoms with Crippen LogP contribution in [0.3, 0.4) is 0 Å². The fraction of sp³-hybridized carbons (Fsp3) is 0.174. The first-order valence-corrected chi connectivity index (χ1v) is 11.5. The first-order chi connectivity index (χ1) is 15.2. The van der Waals surface area contributed by atoms with Crippen molar-refractivity contribution in [3.8, 4) is 5.75 Å². The monoisotopic (exact) mass is 476 g/mol. The lowest BCUT2D eigenvalue weighted by Crippen LogP contribution is -2.28. The van der Waals surface area contributed by atoms with Gasteiger partial charge < -0.3 is 10.1 Å². The molecule has 3 aromatic rings. The van der Waals surface area contributed by atoms with Crippen molar-refractivity contribution < 1.29 is 22.3 Å². The number of nitrogens with one attached hydrogen (secondary N) is 1. The molecule has 0 radical (unpaired) electrons. The van der Waals surface area contributed by atoms with E-state index in [2.05, 4.69) is 5.32 Å². The number of ether oxygens (including phenoxy) is 1. The molecule has 0 heterocycles. The fourth-order valence-corrected chi connectivity index (χ4v) is 4.42. The normalized spacial score (nSPS) is 11.1. The van der Waals surface area contributed by atoms with Crippen molar-refractivity contribution in [2.24, 2.45) is 0 Å². The Bertz CT molecular complexity index is 1200. The molecule has 9 heteroatoms. The Morgan fingerprint density at radius 1 is 1.06 bits per heavy atom. The summed E-state index contributed by atoms with van der Waals surface area (Å²) >= 11 is 6.16. The number of methoxy groups -OCH3 is 1. The third kappa shape index (κ3) is 5.38.